The maximum Gasteiger partial charge on any atom is 0.466 e. The van der Waals surface area contributed by atoms with Gasteiger partial charge in [-0.3, -0.25) is 4.79 Å². The number of carbonyl (C=O) groups excluding carboxylic acids is 2. The van der Waals surface area contributed by atoms with Gasteiger partial charge in [0.05, 0.1) is 6.61 Å². The monoisotopic (exact) mass is 429 g/mol. The summed E-state index contributed by atoms with van der Waals surface area (Å²) in [4.78, 5) is 23.0. The Kier molecular flexibility index (Phi) is 9.09. The number of thiol groups is 1. The normalized spacial score (nSPS) is 15.0. The number of hydrogen-bond acceptors (Lipinski definition) is 5. The van der Waals surface area contributed by atoms with E-state index in [9.17, 15) is 40.3 Å². The maximum absolute atomic E-state index is 13.4. The van der Waals surface area contributed by atoms with Crippen molar-refractivity contribution in [2.45, 2.75) is 49.3 Å². The van der Waals surface area contributed by atoms with Gasteiger partial charge in [-0.05, 0) is 19.8 Å². The van der Waals surface area contributed by atoms with Crippen LogP contribution in [0.3, 0.4) is 0 Å². The molecule has 1 N–H and O–H groups in total. The van der Waals surface area contributed by atoms with Crippen molar-refractivity contribution in [3.05, 3.63) is 12.7 Å². The lowest BCUT2D eigenvalue weighted by Gasteiger charge is -2.32. The van der Waals surface area contributed by atoms with Crippen LogP contribution in [0.2, 0.25) is 0 Å². The van der Waals surface area contributed by atoms with E-state index in [0.717, 1.165) is 0 Å². The van der Waals surface area contributed by atoms with Crippen molar-refractivity contribution in [1.82, 2.24) is 5.32 Å². The van der Waals surface area contributed by atoms with Crippen molar-refractivity contribution >= 4 is 24.5 Å². The van der Waals surface area contributed by atoms with Gasteiger partial charge in [-0.2, -0.15) is 30.7 Å². The van der Waals surface area contributed by atoms with Crippen LogP contribution in [0.1, 0.15) is 26.2 Å². The van der Waals surface area contributed by atoms with Crippen molar-refractivity contribution in [2.75, 3.05) is 13.2 Å². The lowest BCUT2D eigenvalue weighted by Crippen LogP contribution is -2.61. The number of esters is 1. The first kappa shape index (κ1) is 25.5. The van der Waals surface area contributed by atoms with Crippen LogP contribution in [0, 0.1) is 0 Å². The minimum absolute atomic E-state index is 0.269. The Hall–Kier alpha value is -1.50. The number of rotatable bonds is 11. The first-order valence-electron chi connectivity index (χ1n) is 7.47. The lowest BCUT2D eigenvalue weighted by molar-refractivity contribution is -0.346. The summed E-state index contributed by atoms with van der Waals surface area (Å²) in [5.41, 5.74) is 0. The largest absolute Gasteiger partial charge is 0.466 e. The number of unbranched alkanes of at least 4 members (excludes halogenated alkanes) is 1. The van der Waals surface area contributed by atoms with Gasteiger partial charge in [0, 0.05) is 19.0 Å². The Morgan fingerprint density at radius 1 is 1.11 bits per heavy atom. The van der Waals surface area contributed by atoms with Crippen molar-refractivity contribution in [1.29, 1.82) is 0 Å². The summed E-state index contributed by atoms with van der Waals surface area (Å²) in [6, 6.07) is 0. The van der Waals surface area contributed by atoms with Crippen molar-refractivity contribution < 1.29 is 49.8 Å². The molecule has 5 nitrogen and oxygen atoms in total. The van der Waals surface area contributed by atoms with Gasteiger partial charge in [0.25, 0.3) is 0 Å². The fraction of sp³-hybridized carbons (Fsp3) is 0.714. The van der Waals surface area contributed by atoms with Crippen LogP contribution in [0.5, 0.6) is 0 Å². The zero-order valence-electron chi connectivity index (χ0n) is 14.0. The van der Waals surface area contributed by atoms with E-state index in [4.69, 9.17) is 0 Å². The van der Waals surface area contributed by atoms with Gasteiger partial charge in [-0.1, -0.05) is 19.2 Å². The van der Waals surface area contributed by atoms with Crippen molar-refractivity contribution in [2.24, 2.45) is 0 Å². The second kappa shape index (κ2) is 9.62. The zero-order chi connectivity index (χ0) is 21.5. The molecule has 0 aromatic rings. The summed E-state index contributed by atoms with van der Waals surface area (Å²) in [6.07, 6.45) is -7.80. The molecule has 158 valence electrons. The molecule has 0 aromatic carbocycles. The molecular formula is C14H18F7NO4S. The molecule has 0 heterocycles. The van der Waals surface area contributed by atoms with Crippen molar-refractivity contribution in [3.63, 3.8) is 0 Å². The van der Waals surface area contributed by atoms with E-state index < -0.39 is 60.9 Å². The Labute approximate surface area is 155 Å². The number of ether oxygens (including phenoxy) is 2. The van der Waals surface area contributed by atoms with Crippen LogP contribution in [0.15, 0.2) is 12.7 Å². The first-order valence-corrected chi connectivity index (χ1v) is 7.91. The molecule has 0 rings (SSSR count). The summed E-state index contributed by atoms with van der Waals surface area (Å²) < 4.78 is 99.8. The summed E-state index contributed by atoms with van der Waals surface area (Å²) in [7, 11) is 0. The van der Waals surface area contributed by atoms with Gasteiger partial charge in [0.15, 0.2) is 0 Å². The Morgan fingerprint density at radius 3 is 2.07 bits per heavy atom. The molecule has 0 bridgehead atoms. The third-order valence-electron chi connectivity index (χ3n) is 3.05. The minimum Gasteiger partial charge on any atom is -0.412 e. The quantitative estimate of drug-likeness (QED) is 0.132. The number of carbonyl (C=O) groups is 2. The van der Waals surface area contributed by atoms with Crippen LogP contribution in [-0.2, 0) is 19.1 Å². The topological polar surface area (TPSA) is 64.6 Å². The summed E-state index contributed by atoms with van der Waals surface area (Å²) in [5.74, 6) is -12.0. The average Bonchev–Trinajstić information content (AvgIpc) is 2.50. The van der Waals surface area contributed by atoms with E-state index in [0.29, 0.717) is 6.08 Å². The van der Waals surface area contributed by atoms with Gasteiger partial charge in [-0.25, -0.2) is 4.79 Å². The minimum atomic E-state index is -5.52. The van der Waals surface area contributed by atoms with E-state index in [2.05, 4.69) is 28.7 Å². The molecule has 0 aliphatic carbocycles. The third kappa shape index (κ3) is 6.87. The molecule has 0 fully saturated rings. The second-order valence-electron chi connectivity index (χ2n) is 5.15. The smallest absolute Gasteiger partial charge is 0.412 e. The van der Waals surface area contributed by atoms with Gasteiger partial charge in [-0.15, -0.1) is 0 Å². The highest BCUT2D eigenvalue weighted by Gasteiger charge is 2.66. The number of likely N-dealkylation sites (N-methyl/N-ethyl adjacent to an activating group) is 1. The molecule has 0 spiro atoms. The number of alkyl halides is 7. The highest BCUT2D eigenvalue weighted by atomic mass is 32.1. The molecular weight excluding hydrogens is 411 g/mol. The average molecular weight is 429 g/mol. The number of hydrogen-bond donors (Lipinski definition) is 2. The number of nitrogens with one attached hydrogen (secondary N) is 1. The SMILES string of the molecule is C=CC(=O)OC(OCCCCC(F)(F)C(F)(F)S)(C(=O)NCC)C(F)(F)F. The second-order valence-corrected chi connectivity index (χ2v) is 5.71. The molecule has 13 heteroatoms. The van der Waals surface area contributed by atoms with E-state index in [-0.39, 0.29) is 6.54 Å². The third-order valence-corrected chi connectivity index (χ3v) is 3.38. The van der Waals surface area contributed by atoms with Crippen LogP contribution in [-0.4, -0.2) is 48.2 Å². The first-order chi connectivity index (χ1) is 12.1. The molecule has 0 aliphatic rings. The van der Waals surface area contributed by atoms with Crippen LogP contribution in [0.25, 0.3) is 0 Å². The molecule has 27 heavy (non-hydrogen) atoms. The molecule has 1 amide bonds. The van der Waals surface area contributed by atoms with E-state index in [1.807, 2.05) is 0 Å². The Morgan fingerprint density at radius 2 is 1.67 bits per heavy atom. The molecule has 1 unspecified atom stereocenters. The highest BCUT2D eigenvalue weighted by molar-refractivity contribution is 7.81. The van der Waals surface area contributed by atoms with Crippen LogP contribution >= 0.6 is 12.6 Å². The fourth-order valence-electron chi connectivity index (χ4n) is 1.69. The number of amides is 1. The predicted octanol–water partition coefficient (Wildman–Crippen LogP) is 3.46. The van der Waals surface area contributed by atoms with E-state index in [1.54, 1.807) is 5.32 Å². The summed E-state index contributed by atoms with van der Waals surface area (Å²) in [5, 5.41) is -2.82. The molecule has 0 saturated heterocycles. The summed E-state index contributed by atoms with van der Waals surface area (Å²) >= 11 is 2.46. The van der Waals surface area contributed by atoms with Crippen LogP contribution in [0.4, 0.5) is 30.7 Å². The predicted molar refractivity (Wildman–Crippen MR) is 82.4 cm³/mol. The summed E-state index contributed by atoms with van der Waals surface area (Å²) in [6.45, 7) is 2.93. The fourth-order valence-corrected chi connectivity index (χ4v) is 1.80. The van der Waals surface area contributed by atoms with Crippen LogP contribution < -0.4 is 5.32 Å². The Balaban J connectivity index is 5.18. The highest BCUT2D eigenvalue weighted by Crippen LogP contribution is 2.41. The van der Waals surface area contributed by atoms with Gasteiger partial charge in [0.2, 0.25) is 0 Å². The van der Waals surface area contributed by atoms with Gasteiger partial charge >= 0.3 is 35.0 Å². The molecule has 0 aromatic heterocycles. The van der Waals surface area contributed by atoms with Gasteiger partial charge in [0.1, 0.15) is 0 Å². The molecule has 0 radical (unpaired) electrons. The molecule has 0 saturated carbocycles. The van der Waals surface area contributed by atoms with Crippen molar-refractivity contribution in [3.8, 4) is 0 Å². The molecule has 1 atom stereocenters. The maximum atomic E-state index is 13.4. The van der Waals surface area contributed by atoms with Gasteiger partial charge < -0.3 is 14.8 Å². The Bertz CT molecular complexity index is 537. The van der Waals surface area contributed by atoms with E-state index in [1.165, 1.54) is 6.92 Å². The zero-order valence-corrected chi connectivity index (χ0v) is 14.9. The number of halogens is 7. The standard InChI is InChI=1S/C14H18F7NO4S/c1-3-9(23)26-12(13(17,18)19,10(24)22-4-2)25-8-6-5-7-11(15,16)14(20,21)27/h3,27H,1,4-8H2,2H3,(H,22,24). The molecule has 0 aliphatic heterocycles. The lowest BCUT2D eigenvalue weighted by atomic mass is 10.1. The van der Waals surface area contributed by atoms with E-state index >= 15 is 0 Å².